The number of nitrogens with two attached hydrogens (primary N) is 1. The van der Waals surface area contributed by atoms with Gasteiger partial charge in [-0.1, -0.05) is 30.0 Å². The number of hydrogen-bond donors (Lipinski definition) is 1. The third-order valence-corrected chi connectivity index (χ3v) is 3.66. The summed E-state index contributed by atoms with van der Waals surface area (Å²) < 4.78 is 0. The van der Waals surface area contributed by atoms with Crippen LogP contribution < -0.4 is 10.6 Å². The van der Waals surface area contributed by atoms with Gasteiger partial charge in [0, 0.05) is 18.9 Å². The highest BCUT2D eigenvalue weighted by Crippen LogP contribution is 2.22. The van der Waals surface area contributed by atoms with Crippen molar-refractivity contribution in [2.75, 3.05) is 23.4 Å². The monoisotopic (exact) mass is 273 g/mol. The lowest BCUT2D eigenvalue weighted by atomic mass is 10.3. The quantitative estimate of drug-likeness (QED) is 0.869. The van der Waals surface area contributed by atoms with Crippen LogP contribution in [0.5, 0.6) is 0 Å². The fraction of sp³-hybridized carbons (Fsp3) is 0.143. The van der Waals surface area contributed by atoms with Gasteiger partial charge in [-0.25, -0.2) is 4.98 Å². The number of anilines is 2. The lowest BCUT2D eigenvalue weighted by Gasteiger charge is -2.16. The summed E-state index contributed by atoms with van der Waals surface area (Å²) >= 11 is 1.35. The van der Waals surface area contributed by atoms with E-state index in [9.17, 15) is 4.79 Å². The lowest BCUT2D eigenvalue weighted by Crippen LogP contribution is -2.27. The number of hydrogen-bond acceptors (Lipinski definition) is 4. The van der Waals surface area contributed by atoms with Gasteiger partial charge in [-0.3, -0.25) is 4.79 Å². The van der Waals surface area contributed by atoms with E-state index in [1.54, 1.807) is 30.3 Å². The minimum atomic E-state index is 0.0150. The number of nitrogen functional groups attached to an aromatic ring is 1. The molecule has 1 heterocycles. The molecule has 0 saturated heterocycles. The molecule has 2 aromatic rings. The molecule has 0 unspecified atom stereocenters. The first-order chi connectivity index (χ1) is 9.18. The maximum Gasteiger partial charge on any atom is 0.237 e. The maximum atomic E-state index is 12.1. The van der Waals surface area contributed by atoms with Gasteiger partial charge in [0.05, 0.1) is 11.4 Å². The Hall–Kier alpha value is -2.01. The Morgan fingerprint density at radius 1 is 1.26 bits per heavy atom. The zero-order chi connectivity index (χ0) is 13.7. The SMILES string of the molecule is CN(C(=O)CSc1ncccc1N)c1ccccc1. The maximum absolute atomic E-state index is 12.1. The van der Waals surface area contributed by atoms with Crippen molar-refractivity contribution in [2.45, 2.75) is 5.03 Å². The summed E-state index contributed by atoms with van der Waals surface area (Å²) in [6.07, 6.45) is 1.67. The molecule has 1 amide bonds. The van der Waals surface area contributed by atoms with Gasteiger partial charge in [-0.2, -0.15) is 0 Å². The smallest absolute Gasteiger partial charge is 0.237 e. The zero-order valence-electron chi connectivity index (χ0n) is 10.6. The molecular weight excluding hydrogens is 258 g/mol. The van der Waals surface area contributed by atoms with Crippen LogP contribution in [-0.2, 0) is 4.79 Å². The number of rotatable bonds is 4. The van der Waals surface area contributed by atoms with E-state index >= 15 is 0 Å². The van der Waals surface area contributed by atoms with Crippen molar-refractivity contribution in [3.63, 3.8) is 0 Å². The molecule has 0 spiro atoms. The van der Waals surface area contributed by atoms with Gasteiger partial charge >= 0.3 is 0 Å². The first kappa shape index (κ1) is 13.4. The molecule has 0 aliphatic heterocycles. The fourth-order valence-electron chi connectivity index (χ4n) is 1.55. The van der Waals surface area contributed by atoms with Gasteiger partial charge in [0.15, 0.2) is 0 Å². The lowest BCUT2D eigenvalue weighted by molar-refractivity contribution is -0.115. The van der Waals surface area contributed by atoms with Crippen LogP contribution in [0.15, 0.2) is 53.7 Å². The summed E-state index contributed by atoms with van der Waals surface area (Å²) in [5.41, 5.74) is 7.26. The molecule has 0 radical (unpaired) electrons. The average Bonchev–Trinajstić information content (AvgIpc) is 2.46. The van der Waals surface area contributed by atoms with E-state index in [0.29, 0.717) is 16.5 Å². The van der Waals surface area contributed by atoms with E-state index in [4.69, 9.17) is 5.73 Å². The number of carbonyl (C=O) groups is 1. The molecule has 98 valence electrons. The predicted octanol–water partition coefficient (Wildman–Crippen LogP) is 2.42. The van der Waals surface area contributed by atoms with Crippen LogP contribution in [-0.4, -0.2) is 23.7 Å². The molecule has 2 rings (SSSR count). The molecule has 0 bridgehead atoms. The van der Waals surface area contributed by atoms with Crippen molar-refractivity contribution in [1.29, 1.82) is 0 Å². The largest absolute Gasteiger partial charge is 0.397 e. The van der Waals surface area contributed by atoms with E-state index in [0.717, 1.165) is 5.69 Å². The molecule has 5 heteroatoms. The Kier molecular flexibility index (Phi) is 4.41. The minimum Gasteiger partial charge on any atom is -0.397 e. The molecule has 2 N–H and O–H groups in total. The van der Waals surface area contributed by atoms with Gasteiger partial charge in [0.1, 0.15) is 5.03 Å². The molecular formula is C14H15N3OS. The molecule has 4 nitrogen and oxygen atoms in total. The first-order valence-corrected chi connectivity index (χ1v) is 6.82. The second-order valence-electron chi connectivity index (χ2n) is 3.97. The number of aromatic nitrogens is 1. The van der Waals surface area contributed by atoms with Crippen LogP contribution in [0, 0.1) is 0 Å². The molecule has 0 fully saturated rings. The summed E-state index contributed by atoms with van der Waals surface area (Å²) in [6, 6.07) is 13.1. The number of pyridine rings is 1. The Bertz CT molecular complexity index is 560. The molecule has 0 aliphatic carbocycles. The van der Waals surface area contributed by atoms with E-state index < -0.39 is 0 Å². The Morgan fingerprint density at radius 2 is 2.00 bits per heavy atom. The van der Waals surface area contributed by atoms with Gasteiger partial charge in [0.2, 0.25) is 5.91 Å². The van der Waals surface area contributed by atoms with Gasteiger partial charge in [-0.05, 0) is 24.3 Å². The predicted molar refractivity (Wildman–Crippen MR) is 79.2 cm³/mol. The third-order valence-electron chi connectivity index (χ3n) is 2.65. The normalized spacial score (nSPS) is 10.2. The average molecular weight is 273 g/mol. The van der Waals surface area contributed by atoms with Crippen molar-refractivity contribution in [3.8, 4) is 0 Å². The molecule has 1 aromatic heterocycles. The number of amides is 1. The highest BCUT2D eigenvalue weighted by Gasteiger charge is 2.12. The van der Waals surface area contributed by atoms with Crippen LogP contribution in [0.2, 0.25) is 0 Å². The summed E-state index contributed by atoms with van der Waals surface area (Å²) in [6.45, 7) is 0. The number of para-hydroxylation sites is 1. The summed E-state index contributed by atoms with van der Waals surface area (Å²) in [7, 11) is 1.76. The number of thioether (sulfide) groups is 1. The van der Waals surface area contributed by atoms with Gasteiger partial charge < -0.3 is 10.6 Å². The second kappa shape index (κ2) is 6.24. The van der Waals surface area contributed by atoms with E-state index in [-0.39, 0.29) is 5.91 Å². The van der Waals surface area contributed by atoms with E-state index in [2.05, 4.69) is 4.98 Å². The van der Waals surface area contributed by atoms with E-state index in [1.165, 1.54) is 11.8 Å². The molecule has 0 saturated carbocycles. The van der Waals surface area contributed by atoms with Gasteiger partial charge in [-0.15, -0.1) is 0 Å². The van der Waals surface area contributed by atoms with Crippen LogP contribution in [0.3, 0.4) is 0 Å². The second-order valence-corrected chi connectivity index (χ2v) is 4.94. The third kappa shape index (κ3) is 3.48. The Labute approximate surface area is 116 Å². The number of benzene rings is 1. The van der Waals surface area contributed by atoms with Crippen LogP contribution in [0.25, 0.3) is 0 Å². The molecule has 1 aromatic carbocycles. The zero-order valence-corrected chi connectivity index (χ0v) is 11.4. The Balaban J connectivity index is 1.97. The van der Waals surface area contributed by atoms with Gasteiger partial charge in [0.25, 0.3) is 0 Å². The first-order valence-electron chi connectivity index (χ1n) is 5.83. The summed E-state index contributed by atoms with van der Waals surface area (Å²) in [4.78, 5) is 17.8. The van der Waals surface area contributed by atoms with Crippen LogP contribution in [0.1, 0.15) is 0 Å². The topological polar surface area (TPSA) is 59.2 Å². The molecule has 0 atom stereocenters. The fourth-order valence-corrected chi connectivity index (χ4v) is 2.37. The molecule has 0 aliphatic rings. The van der Waals surface area contributed by atoms with Crippen molar-refractivity contribution < 1.29 is 4.79 Å². The summed E-state index contributed by atoms with van der Waals surface area (Å²) in [5.74, 6) is 0.327. The van der Waals surface area contributed by atoms with Crippen molar-refractivity contribution in [3.05, 3.63) is 48.7 Å². The number of nitrogens with zero attached hydrogens (tertiary/aromatic N) is 2. The van der Waals surface area contributed by atoms with Crippen molar-refractivity contribution in [2.24, 2.45) is 0 Å². The van der Waals surface area contributed by atoms with Crippen LogP contribution >= 0.6 is 11.8 Å². The van der Waals surface area contributed by atoms with Crippen molar-refractivity contribution in [1.82, 2.24) is 4.98 Å². The van der Waals surface area contributed by atoms with E-state index in [1.807, 2.05) is 30.3 Å². The number of carbonyl (C=O) groups excluding carboxylic acids is 1. The minimum absolute atomic E-state index is 0.0150. The molecule has 19 heavy (non-hydrogen) atoms. The van der Waals surface area contributed by atoms with Crippen molar-refractivity contribution >= 4 is 29.0 Å². The Morgan fingerprint density at radius 3 is 2.68 bits per heavy atom. The highest BCUT2D eigenvalue weighted by atomic mass is 32.2. The standard InChI is InChI=1S/C14H15N3OS/c1-17(11-6-3-2-4-7-11)13(18)10-19-14-12(15)8-5-9-16-14/h2-9H,10,15H2,1H3. The highest BCUT2D eigenvalue weighted by molar-refractivity contribution is 8.00. The summed E-state index contributed by atoms with van der Waals surface area (Å²) in [5, 5.41) is 0.692. The van der Waals surface area contributed by atoms with Crippen LogP contribution in [0.4, 0.5) is 11.4 Å².